The summed E-state index contributed by atoms with van der Waals surface area (Å²) in [5.74, 6) is 1.29. The predicted molar refractivity (Wildman–Crippen MR) is 93.9 cm³/mol. The Kier molecular flexibility index (Phi) is 4.78. The normalized spacial score (nSPS) is 28.3. The maximum absolute atomic E-state index is 11.3. The van der Waals surface area contributed by atoms with Gasteiger partial charge in [-0.3, -0.25) is 4.79 Å². The number of fused-ring (bicyclic) bond motifs is 1. The first-order valence-corrected chi connectivity index (χ1v) is 9.14. The zero-order chi connectivity index (χ0) is 18.1. The molecule has 9 heteroatoms. The van der Waals surface area contributed by atoms with Gasteiger partial charge < -0.3 is 15.2 Å². The van der Waals surface area contributed by atoms with E-state index in [2.05, 4.69) is 25.9 Å². The van der Waals surface area contributed by atoms with E-state index >= 15 is 0 Å². The highest BCUT2D eigenvalue weighted by molar-refractivity contribution is 6.30. The monoisotopic (exact) mass is 377 g/mol. The van der Waals surface area contributed by atoms with Crippen LogP contribution in [0, 0.1) is 11.8 Å². The highest BCUT2D eigenvalue weighted by atomic mass is 35.5. The molecule has 1 aliphatic carbocycles. The van der Waals surface area contributed by atoms with Crippen molar-refractivity contribution in [1.29, 1.82) is 0 Å². The minimum absolute atomic E-state index is 0.0413. The van der Waals surface area contributed by atoms with Crippen LogP contribution in [0.3, 0.4) is 0 Å². The number of tetrazole rings is 1. The largest absolute Gasteiger partial charge is 0.490 e. The lowest BCUT2D eigenvalue weighted by atomic mass is 9.72. The fraction of sp³-hybridized carbons (Fsp3) is 0.529. The fourth-order valence-corrected chi connectivity index (χ4v) is 4.23. The van der Waals surface area contributed by atoms with E-state index in [9.17, 15) is 9.90 Å². The smallest absolute Gasteiger partial charge is 0.320 e. The second-order valence-electron chi connectivity index (χ2n) is 7.00. The standard InChI is InChI=1S/C17H20ClN5O3/c18-11-2-4-15(13(7-11)16-20-22-23-21-16)26-12-3-1-9-8-19-14(17(24)25)6-10(9)5-12/h2,4,7,9-10,12,14,19H,1,3,5-6,8H2,(H,24,25)(H,20,21,22,23)/t9-,10+,12-,14-/m0/s1. The molecule has 2 aliphatic rings. The first-order valence-electron chi connectivity index (χ1n) is 8.76. The molecule has 0 unspecified atom stereocenters. The van der Waals surface area contributed by atoms with Crippen molar-refractivity contribution >= 4 is 17.6 Å². The van der Waals surface area contributed by atoms with Gasteiger partial charge in [0.05, 0.1) is 11.7 Å². The van der Waals surface area contributed by atoms with Crippen LogP contribution in [0.1, 0.15) is 25.7 Å². The summed E-state index contributed by atoms with van der Waals surface area (Å²) >= 11 is 6.11. The Bertz CT molecular complexity index is 785. The molecule has 138 valence electrons. The molecular weight excluding hydrogens is 358 g/mol. The number of aromatic nitrogens is 4. The van der Waals surface area contributed by atoms with E-state index in [0.29, 0.717) is 34.9 Å². The Balaban J connectivity index is 1.49. The van der Waals surface area contributed by atoms with Gasteiger partial charge in [0.25, 0.3) is 0 Å². The Morgan fingerprint density at radius 2 is 2.15 bits per heavy atom. The van der Waals surface area contributed by atoms with Crippen LogP contribution in [-0.2, 0) is 4.79 Å². The first kappa shape index (κ1) is 17.2. The predicted octanol–water partition coefficient (Wildman–Crippen LogP) is 2.13. The van der Waals surface area contributed by atoms with Gasteiger partial charge >= 0.3 is 5.97 Å². The number of hydrogen-bond acceptors (Lipinski definition) is 6. The number of benzene rings is 1. The highest BCUT2D eigenvalue weighted by Crippen LogP contribution is 2.39. The van der Waals surface area contributed by atoms with E-state index < -0.39 is 12.0 Å². The number of aliphatic carboxylic acids is 1. The molecule has 8 nitrogen and oxygen atoms in total. The average molecular weight is 378 g/mol. The number of aromatic amines is 1. The minimum atomic E-state index is -0.774. The summed E-state index contributed by atoms with van der Waals surface area (Å²) in [5, 5.41) is 26.9. The molecule has 26 heavy (non-hydrogen) atoms. The van der Waals surface area contributed by atoms with Gasteiger partial charge in [-0.25, -0.2) is 5.10 Å². The zero-order valence-electron chi connectivity index (χ0n) is 14.1. The third kappa shape index (κ3) is 3.52. The van der Waals surface area contributed by atoms with Gasteiger partial charge in [0, 0.05) is 5.02 Å². The summed E-state index contributed by atoms with van der Waals surface area (Å²) in [6, 6.07) is 4.92. The maximum Gasteiger partial charge on any atom is 0.320 e. The van der Waals surface area contributed by atoms with Crippen LogP contribution < -0.4 is 10.1 Å². The molecule has 1 aromatic heterocycles. The lowest BCUT2D eigenvalue weighted by Gasteiger charge is -2.41. The van der Waals surface area contributed by atoms with Crippen molar-refractivity contribution in [2.24, 2.45) is 11.8 Å². The van der Waals surface area contributed by atoms with Gasteiger partial charge in [-0.15, -0.1) is 5.10 Å². The number of piperidine rings is 1. The third-order valence-corrected chi connectivity index (χ3v) is 5.63. The molecule has 0 amide bonds. The van der Waals surface area contributed by atoms with E-state index in [0.717, 1.165) is 31.4 Å². The van der Waals surface area contributed by atoms with Crippen LogP contribution in [0.2, 0.25) is 5.02 Å². The summed E-state index contributed by atoms with van der Waals surface area (Å²) in [4.78, 5) is 11.3. The van der Waals surface area contributed by atoms with E-state index in [1.54, 1.807) is 12.1 Å². The number of nitrogens with zero attached hydrogens (tertiary/aromatic N) is 3. The summed E-state index contributed by atoms with van der Waals surface area (Å²) < 4.78 is 6.27. The van der Waals surface area contributed by atoms with Crippen LogP contribution in [0.15, 0.2) is 18.2 Å². The van der Waals surface area contributed by atoms with E-state index in [4.69, 9.17) is 16.3 Å². The van der Waals surface area contributed by atoms with E-state index in [1.807, 2.05) is 6.07 Å². The van der Waals surface area contributed by atoms with Crippen molar-refractivity contribution in [3.8, 4) is 17.1 Å². The second-order valence-corrected chi connectivity index (χ2v) is 7.43. The van der Waals surface area contributed by atoms with Crippen molar-refractivity contribution in [1.82, 2.24) is 25.9 Å². The Morgan fingerprint density at radius 3 is 2.92 bits per heavy atom. The molecule has 1 saturated heterocycles. The van der Waals surface area contributed by atoms with E-state index in [1.165, 1.54) is 0 Å². The van der Waals surface area contributed by atoms with Crippen LogP contribution >= 0.6 is 11.6 Å². The Morgan fingerprint density at radius 1 is 1.27 bits per heavy atom. The molecule has 0 spiro atoms. The minimum Gasteiger partial charge on any atom is -0.490 e. The zero-order valence-corrected chi connectivity index (χ0v) is 14.8. The Hall–Kier alpha value is -2.19. The first-order chi connectivity index (χ1) is 12.6. The highest BCUT2D eigenvalue weighted by Gasteiger charge is 2.38. The molecule has 3 N–H and O–H groups in total. The van der Waals surface area contributed by atoms with Gasteiger partial charge in [0.15, 0.2) is 5.82 Å². The van der Waals surface area contributed by atoms with Gasteiger partial charge in [0.2, 0.25) is 0 Å². The topological polar surface area (TPSA) is 113 Å². The number of nitrogens with one attached hydrogen (secondary N) is 2. The third-order valence-electron chi connectivity index (χ3n) is 5.39. The average Bonchev–Trinajstić information content (AvgIpc) is 3.17. The number of hydrogen-bond donors (Lipinski definition) is 3. The van der Waals surface area contributed by atoms with Crippen molar-refractivity contribution in [3.63, 3.8) is 0 Å². The van der Waals surface area contributed by atoms with Crippen LogP contribution in [0.5, 0.6) is 5.75 Å². The molecule has 1 saturated carbocycles. The molecule has 2 fully saturated rings. The fourth-order valence-electron chi connectivity index (χ4n) is 4.06. The van der Waals surface area contributed by atoms with Gasteiger partial charge in [-0.1, -0.05) is 11.6 Å². The van der Waals surface area contributed by atoms with Crippen molar-refractivity contribution in [2.45, 2.75) is 37.8 Å². The van der Waals surface area contributed by atoms with Crippen LogP contribution in [0.25, 0.3) is 11.4 Å². The second kappa shape index (κ2) is 7.20. The number of halogens is 1. The van der Waals surface area contributed by atoms with Crippen molar-refractivity contribution < 1.29 is 14.6 Å². The molecule has 0 radical (unpaired) electrons. The lowest BCUT2D eigenvalue weighted by molar-refractivity contribution is -0.141. The number of ether oxygens (including phenoxy) is 1. The number of carboxylic acids is 1. The van der Waals surface area contributed by atoms with Crippen LogP contribution in [-0.4, -0.2) is 50.4 Å². The molecule has 0 bridgehead atoms. The number of H-pyrrole nitrogens is 1. The molecular formula is C17H20ClN5O3. The van der Waals surface area contributed by atoms with Crippen LogP contribution in [0.4, 0.5) is 0 Å². The van der Waals surface area contributed by atoms with Crippen molar-refractivity contribution in [2.75, 3.05) is 6.54 Å². The van der Waals surface area contributed by atoms with Crippen molar-refractivity contribution in [3.05, 3.63) is 23.2 Å². The Labute approximate surface area is 155 Å². The molecule has 2 heterocycles. The molecule has 1 aliphatic heterocycles. The summed E-state index contributed by atoms with van der Waals surface area (Å²) in [7, 11) is 0. The molecule has 2 aromatic rings. The summed E-state index contributed by atoms with van der Waals surface area (Å²) in [6.07, 6.45) is 3.52. The molecule has 1 aromatic carbocycles. The lowest BCUT2D eigenvalue weighted by Crippen LogP contribution is -2.50. The van der Waals surface area contributed by atoms with Gasteiger partial charge in [0.1, 0.15) is 11.8 Å². The maximum atomic E-state index is 11.3. The summed E-state index contributed by atoms with van der Waals surface area (Å²) in [6.45, 7) is 0.768. The number of carboxylic acid groups (broad SMARTS) is 1. The van der Waals surface area contributed by atoms with Gasteiger partial charge in [-0.2, -0.15) is 0 Å². The number of carbonyl (C=O) groups is 1. The number of rotatable bonds is 4. The van der Waals surface area contributed by atoms with E-state index in [-0.39, 0.29) is 6.10 Å². The summed E-state index contributed by atoms with van der Waals surface area (Å²) in [5.41, 5.74) is 0.721. The van der Waals surface area contributed by atoms with Gasteiger partial charge in [-0.05, 0) is 72.7 Å². The molecule has 4 atom stereocenters. The SMILES string of the molecule is O=C(O)[C@@H]1C[C@H]2C[C@@H](Oc3ccc(Cl)cc3-c3nnn[nH]3)CC[C@H]2CN1. The molecule has 4 rings (SSSR count). The quantitative estimate of drug-likeness (QED) is 0.747.